The summed E-state index contributed by atoms with van der Waals surface area (Å²) in [6, 6.07) is 0. The van der Waals surface area contributed by atoms with Crippen LogP contribution in [0.4, 0.5) is 0 Å². The fourth-order valence-electron chi connectivity index (χ4n) is 0.363. The van der Waals surface area contributed by atoms with Crippen molar-refractivity contribution in [3.8, 4) is 0 Å². The van der Waals surface area contributed by atoms with Gasteiger partial charge in [0.25, 0.3) is 0 Å². The van der Waals surface area contributed by atoms with Crippen molar-refractivity contribution in [3.63, 3.8) is 0 Å². The summed E-state index contributed by atoms with van der Waals surface area (Å²) < 4.78 is 15.7. The average Bonchev–Trinajstić information content (AvgIpc) is 1.87. The highest BCUT2D eigenvalue weighted by atomic mass is 28.3. The van der Waals surface area contributed by atoms with Gasteiger partial charge in [0, 0.05) is 5.20 Å². The van der Waals surface area contributed by atoms with Crippen LogP contribution in [0.5, 0.6) is 0 Å². The largest absolute Gasteiger partial charge is 0.535 e. The van der Waals surface area contributed by atoms with Crippen LogP contribution in [0.3, 0.4) is 0 Å². The molecule has 2 nitrogen and oxygen atoms in total. The monoisotopic (exact) mass is 144 g/mol. The number of allylic oxidation sites excluding steroid dienone is 2. The summed E-state index contributed by atoms with van der Waals surface area (Å²) in [4.78, 5) is 0. The first-order valence-electron chi connectivity index (χ1n) is 3.02. The van der Waals surface area contributed by atoms with Crippen LogP contribution in [0.1, 0.15) is 20.8 Å². The van der Waals surface area contributed by atoms with Crippen molar-refractivity contribution in [2.45, 2.75) is 20.8 Å². The molecule has 0 heterocycles. The van der Waals surface area contributed by atoms with E-state index in [9.17, 15) is 4.46 Å². The summed E-state index contributed by atoms with van der Waals surface area (Å²) in [6.07, 6.45) is 1.82. The summed E-state index contributed by atoms with van der Waals surface area (Å²) in [5.41, 5.74) is 0. The molecule has 0 amide bonds. The van der Waals surface area contributed by atoms with E-state index in [1.165, 1.54) is 0 Å². The third-order valence-corrected chi connectivity index (χ3v) is 2.51. The minimum atomic E-state index is -1.86. The van der Waals surface area contributed by atoms with Gasteiger partial charge in [-0.25, -0.2) is 0 Å². The third kappa shape index (κ3) is 3.19. The molecule has 0 aliphatic carbocycles. The zero-order valence-electron chi connectivity index (χ0n) is 6.10. The summed E-state index contributed by atoms with van der Waals surface area (Å²) in [7, 11) is -1.86. The maximum absolute atomic E-state index is 10.9. The number of rotatable bonds is 3. The fraction of sp³-hybridized carbons (Fsp3) is 0.667. The SMILES string of the molecule is CC=C(C)[Si](=O)OCC. The first kappa shape index (κ1) is 8.56. The zero-order valence-corrected chi connectivity index (χ0v) is 7.10. The maximum atomic E-state index is 10.9. The first-order valence-corrected chi connectivity index (χ1v) is 4.34. The van der Waals surface area contributed by atoms with E-state index in [0.29, 0.717) is 6.61 Å². The molecule has 0 fully saturated rings. The Bertz CT molecular complexity index is 129. The molecule has 0 aliphatic rings. The Morgan fingerprint density at radius 1 is 1.78 bits per heavy atom. The average molecular weight is 144 g/mol. The molecule has 52 valence electrons. The predicted molar refractivity (Wildman–Crippen MR) is 37.5 cm³/mol. The second kappa shape index (κ2) is 4.44. The first-order chi connectivity index (χ1) is 4.22. The molecule has 0 aromatic carbocycles. The van der Waals surface area contributed by atoms with Crippen molar-refractivity contribution in [2.75, 3.05) is 6.61 Å². The van der Waals surface area contributed by atoms with Crippen LogP contribution in [0.25, 0.3) is 0 Å². The molecule has 9 heavy (non-hydrogen) atoms. The molecule has 0 saturated carbocycles. The van der Waals surface area contributed by atoms with E-state index in [0.717, 1.165) is 5.20 Å². The summed E-state index contributed by atoms with van der Waals surface area (Å²) in [5.74, 6) is 0. The minimum absolute atomic E-state index is 0.531. The molecular weight excluding hydrogens is 132 g/mol. The lowest BCUT2D eigenvalue weighted by atomic mass is 10.6. The topological polar surface area (TPSA) is 26.3 Å². The van der Waals surface area contributed by atoms with E-state index in [2.05, 4.69) is 0 Å². The lowest BCUT2D eigenvalue weighted by Crippen LogP contribution is -2.07. The van der Waals surface area contributed by atoms with E-state index in [1.54, 1.807) is 0 Å². The van der Waals surface area contributed by atoms with Gasteiger partial charge in [-0.15, -0.1) is 0 Å². The highest BCUT2D eigenvalue weighted by Crippen LogP contribution is 1.92. The van der Waals surface area contributed by atoms with Gasteiger partial charge in [-0.1, -0.05) is 6.08 Å². The molecule has 0 bridgehead atoms. The molecule has 0 atom stereocenters. The quantitative estimate of drug-likeness (QED) is 0.560. The van der Waals surface area contributed by atoms with Crippen molar-refractivity contribution < 1.29 is 8.89 Å². The molecule has 0 unspecified atom stereocenters. The standard InChI is InChI=1S/C6H12O2Si/c1-4-6(3)9(7)8-5-2/h4H,5H2,1-3H3. The van der Waals surface area contributed by atoms with Crippen molar-refractivity contribution in [1.29, 1.82) is 0 Å². The minimum Gasteiger partial charge on any atom is -0.522 e. The molecule has 0 rings (SSSR count). The third-order valence-electron chi connectivity index (χ3n) is 1.03. The van der Waals surface area contributed by atoms with Crippen LogP contribution in [0.2, 0.25) is 0 Å². The molecule has 0 aliphatic heterocycles. The van der Waals surface area contributed by atoms with E-state index < -0.39 is 8.93 Å². The number of hydrogen-bond donors (Lipinski definition) is 0. The molecule has 0 aromatic heterocycles. The highest BCUT2D eigenvalue weighted by Gasteiger charge is 2.06. The Morgan fingerprint density at radius 3 is 2.67 bits per heavy atom. The van der Waals surface area contributed by atoms with Crippen LogP contribution in [-0.2, 0) is 8.89 Å². The molecule has 3 heteroatoms. The Hall–Kier alpha value is -0.443. The van der Waals surface area contributed by atoms with E-state index in [4.69, 9.17) is 4.43 Å². The van der Waals surface area contributed by atoms with Crippen LogP contribution < -0.4 is 0 Å². The Kier molecular flexibility index (Phi) is 4.22. The van der Waals surface area contributed by atoms with Crippen molar-refractivity contribution in [1.82, 2.24) is 0 Å². The van der Waals surface area contributed by atoms with Crippen LogP contribution in [-0.4, -0.2) is 15.5 Å². The van der Waals surface area contributed by atoms with Crippen molar-refractivity contribution in [3.05, 3.63) is 11.3 Å². The molecular formula is C6H12O2Si. The summed E-state index contributed by atoms with van der Waals surface area (Å²) in [5, 5.41) is 0.849. The molecule has 0 N–H and O–H groups in total. The zero-order chi connectivity index (χ0) is 7.28. The Morgan fingerprint density at radius 2 is 2.33 bits per heavy atom. The maximum Gasteiger partial charge on any atom is 0.535 e. The van der Waals surface area contributed by atoms with Gasteiger partial charge < -0.3 is 8.89 Å². The number of hydrogen-bond acceptors (Lipinski definition) is 2. The smallest absolute Gasteiger partial charge is 0.522 e. The van der Waals surface area contributed by atoms with E-state index >= 15 is 0 Å². The fourth-order valence-corrected chi connectivity index (χ4v) is 1.09. The molecule has 0 spiro atoms. The Balaban J connectivity index is 3.74. The molecule has 0 radical (unpaired) electrons. The van der Waals surface area contributed by atoms with Gasteiger partial charge in [-0.3, -0.25) is 0 Å². The van der Waals surface area contributed by atoms with Gasteiger partial charge >= 0.3 is 8.93 Å². The van der Waals surface area contributed by atoms with Gasteiger partial charge in [-0.05, 0) is 20.8 Å². The predicted octanol–water partition coefficient (Wildman–Crippen LogP) is 1.45. The van der Waals surface area contributed by atoms with E-state index in [-0.39, 0.29) is 0 Å². The van der Waals surface area contributed by atoms with Crippen LogP contribution >= 0.6 is 0 Å². The molecule has 0 aromatic rings. The summed E-state index contributed by atoms with van der Waals surface area (Å²) in [6.45, 7) is 6.04. The van der Waals surface area contributed by atoms with Gasteiger partial charge in [0.1, 0.15) is 0 Å². The van der Waals surface area contributed by atoms with Crippen LogP contribution in [0, 0.1) is 0 Å². The highest BCUT2D eigenvalue weighted by molar-refractivity contribution is 6.44. The second-order valence-electron chi connectivity index (χ2n) is 1.69. The lowest BCUT2D eigenvalue weighted by molar-refractivity contribution is 0.313. The van der Waals surface area contributed by atoms with Gasteiger partial charge in [0.05, 0.1) is 6.61 Å². The normalized spacial score (nSPS) is 11.2. The lowest BCUT2D eigenvalue weighted by Gasteiger charge is -1.96. The van der Waals surface area contributed by atoms with Gasteiger partial charge in [0.15, 0.2) is 0 Å². The van der Waals surface area contributed by atoms with Crippen LogP contribution in [0.15, 0.2) is 11.3 Å². The van der Waals surface area contributed by atoms with Gasteiger partial charge in [0.2, 0.25) is 0 Å². The van der Waals surface area contributed by atoms with E-state index in [1.807, 2.05) is 26.8 Å². The second-order valence-corrected chi connectivity index (χ2v) is 3.34. The van der Waals surface area contributed by atoms with Gasteiger partial charge in [-0.2, -0.15) is 0 Å². The van der Waals surface area contributed by atoms with Crippen molar-refractivity contribution >= 4 is 8.93 Å². The summed E-state index contributed by atoms with van der Waals surface area (Å²) >= 11 is 0. The van der Waals surface area contributed by atoms with Crippen molar-refractivity contribution in [2.24, 2.45) is 0 Å². The molecule has 0 saturated heterocycles. The Labute approximate surface area is 57.3 Å².